The van der Waals surface area contributed by atoms with E-state index in [1.165, 1.54) is 5.56 Å². The Hall–Kier alpha value is -0.900. The van der Waals surface area contributed by atoms with Crippen molar-refractivity contribution in [3.05, 3.63) is 35.9 Å². The van der Waals surface area contributed by atoms with Gasteiger partial charge in [0.15, 0.2) is 0 Å². The first-order valence-electron chi connectivity index (χ1n) is 6.81. The number of aldehydes is 1. The lowest BCUT2D eigenvalue weighted by atomic mass is 9.80. The van der Waals surface area contributed by atoms with Crippen LogP contribution >= 0.6 is 12.4 Å². The standard InChI is InChI=1S/C15H20N2O.ClH/c18-12-14(6-7-14)17-15(8-10-16-11-9-15)13-4-2-1-3-5-13;/h1-5,12,16-17H,6-11H2;1H. The van der Waals surface area contributed by atoms with Crippen molar-refractivity contribution in [2.75, 3.05) is 13.1 Å². The summed E-state index contributed by atoms with van der Waals surface area (Å²) < 4.78 is 0. The van der Waals surface area contributed by atoms with Gasteiger partial charge < -0.3 is 10.1 Å². The van der Waals surface area contributed by atoms with Gasteiger partial charge >= 0.3 is 0 Å². The van der Waals surface area contributed by atoms with Crippen molar-refractivity contribution >= 4 is 18.7 Å². The van der Waals surface area contributed by atoms with E-state index in [1.807, 2.05) is 6.07 Å². The third-order valence-electron chi connectivity index (χ3n) is 4.29. The fourth-order valence-corrected chi connectivity index (χ4v) is 2.98. The van der Waals surface area contributed by atoms with Gasteiger partial charge in [-0.25, -0.2) is 0 Å². The van der Waals surface area contributed by atoms with E-state index in [4.69, 9.17) is 0 Å². The van der Waals surface area contributed by atoms with E-state index in [9.17, 15) is 4.79 Å². The highest BCUT2D eigenvalue weighted by atomic mass is 35.5. The van der Waals surface area contributed by atoms with Crippen LogP contribution in [0.3, 0.4) is 0 Å². The van der Waals surface area contributed by atoms with Crippen molar-refractivity contribution in [3.8, 4) is 0 Å². The molecular formula is C15H21ClN2O. The second kappa shape index (κ2) is 5.61. The first-order chi connectivity index (χ1) is 8.79. The predicted octanol–water partition coefficient (Wildman–Crippen LogP) is 2.01. The predicted molar refractivity (Wildman–Crippen MR) is 78.6 cm³/mol. The maximum atomic E-state index is 11.3. The van der Waals surface area contributed by atoms with Gasteiger partial charge in [0.25, 0.3) is 0 Å². The number of hydrogen-bond acceptors (Lipinski definition) is 3. The maximum Gasteiger partial charge on any atom is 0.140 e. The van der Waals surface area contributed by atoms with Gasteiger partial charge in [-0.15, -0.1) is 12.4 Å². The number of nitrogens with one attached hydrogen (secondary N) is 2. The minimum Gasteiger partial charge on any atom is -0.317 e. The van der Waals surface area contributed by atoms with Gasteiger partial charge in [-0.2, -0.15) is 0 Å². The zero-order valence-electron chi connectivity index (χ0n) is 11.0. The third kappa shape index (κ3) is 2.83. The molecule has 1 saturated heterocycles. The molecule has 2 fully saturated rings. The van der Waals surface area contributed by atoms with Gasteiger partial charge in [0.2, 0.25) is 0 Å². The number of benzene rings is 1. The summed E-state index contributed by atoms with van der Waals surface area (Å²) >= 11 is 0. The Kier molecular flexibility index (Phi) is 4.29. The van der Waals surface area contributed by atoms with Gasteiger partial charge in [-0.3, -0.25) is 5.32 Å². The molecule has 0 amide bonds. The zero-order valence-corrected chi connectivity index (χ0v) is 11.8. The quantitative estimate of drug-likeness (QED) is 0.829. The van der Waals surface area contributed by atoms with Crippen molar-refractivity contribution in [1.29, 1.82) is 0 Å². The van der Waals surface area contributed by atoms with Crippen LogP contribution in [0.15, 0.2) is 30.3 Å². The third-order valence-corrected chi connectivity index (χ3v) is 4.29. The van der Waals surface area contributed by atoms with Gasteiger partial charge in [-0.1, -0.05) is 30.3 Å². The SMILES string of the molecule is Cl.O=CC1(NC2(c3ccccc3)CCNCC2)CC1. The summed E-state index contributed by atoms with van der Waals surface area (Å²) in [4.78, 5) is 11.3. The molecule has 0 radical (unpaired) electrons. The fraction of sp³-hybridized carbons (Fsp3) is 0.533. The van der Waals surface area contributed by atoms with Crippen LogP contribution in [0.25, 0.3) is 0 Å². The first kappa shape index (κ1) is 14.5. The van der Waals surface area contributed by atoms with Crippen molar-refractivity contribution in [2.45, 2.75) is 36.8 Å². The summed E-state index contributed by atoms with van der Waals surface area (Å²) in [5.74, 6) is 0. The number of halogens is 1. The van der Waals surface area contributed by atoms with E-state index < -0.39 is 0 Å². The molecular weight excluding hydrogens is 260 g/mol. The summed E-state index contributed by atoms with van der Waals surface area (Å²) in [6.45, 7) is 2.02. The number of rotatable bonds is 4. The molecule has 4 heteroatoms. The van der Waals surface area contributed by atoms with Gasteiger partial charge in [0.1, 0.15) is 6.29 Å². The summed E-state index contributed by atoms with van der Waals surface area (Å²) in [5.41, 5.74) is 1.05. The maximum absolute atomic E-state index is 11.3. The van der Waals surface area contributed by atoms with E-state index in [0.717, 1.165) is 45.1 Å². The van der Waals surface area contributed by atoms with E-state index in [1.54, 1.807) is 0 Å². The molecule has 1 aromatic carbocycles. The molecule has 1 aliphatic heterocycles. The topological polar surface area (TPSA) is 41.1 Å². The van der Waals surface area contributed by atoms with Crippen molar-refractivity contribution in [2.24, 2.45) is 0 Å². The minimum absolute atomic E-state index is 0. The molecule has 0 aromatic heterocycles. The van der Waals surface area contributed by atoms with Gasteiger partial charge in [0, 0.05) is 5.54 Å². The normalized spacial score (nSPS) is 23.2. The lowest BCUT2D eigenvalue weighted by molar-refractivity contribution is -0.111. The Morgan fingerprint density at radius 2 is 1.68 bits per heavy atom. The molecule has 1 saturated carbocycles. The smallest absolute Gasteiger partial charge is 0.140 e. The first-order valence-corrected chi connectivity index (χ1v) is 6.81. The van der Waals surface area contributed by atoms with E-state index in [-0.39, 0.29) is 23.5 Å². The number of hydrogen-bond donors (Lipinski definition) is 2. The molecule has 0 atom stereocenters. The molecule has 0 spiro atoms. The number of carbonyl (C=O) groups excluding carboxylic acids is 1. The summed E-state index contributed by atoms with van der Waals surface area (Å²) in [6.07, 6.45) is 5.18. The van der Waals surface area contributed by atoms with Crippen LogP contribution in [0.1, 0.15) is 31.2 Å². The Morgan fingerprint density at radius 1 is 1.05 bits per heavy atom. The van der Waals surface area contributed by atoms with Gasteiger partial charge in [0.05, 0.1) is 5.54 Å². The van der Waals surface area contributed by atoms with Crippen molar-refractivity contribution in [1.82, 2.24) is 10.6 Å². The van der Waals surface area contributed by atoms with Crippen LogP contribution in [-0.4, -0.2) is 24.9 Å². The Bertz CT molecular complexity index is 425. The largest absolute Gasteiger partial charge is 0.317 e. The zero-order chi connectivity index (χ0) is 12.5. The van der Waals surface area contributed by atoms with Crippen molar-refractivity contribution < 1.29 is 4.79 Å². The Morgan fingerprint density at radius 3 is 2.21 bits per heavy atom. The Balaban J connectivity index is 0.00000133. The lowest BCUT2D eigenvalue weighted by Crippen LogP contribution is -2.55. The highest BCUT2D eigenvalue weighted by molar-refractivity contribution is 5.85. The number of piperidine rings is 1. The van der Waals surface area contributed by atoms with Crippen molar-refractivity contribution in [3.63, 3.8) is 0 Å². The highest BCUT2D eigenvalue weighted by Crippen LogP contribution is 2.41. The summed E-state index contributed by atoms with van der Waals surface area (Å²) in [7, 11) is 0. The van der Waals surface area contributed by atoms with Crippen LogP contribution in [0.5, 0.6) is 0 Å². The average molecular weight is 281 g/mol. The molecule has 1 aliphatic carbocycles. The van der Waals surface area contributed by atoms with Crippen LogP contribution in [0, 0.1) is 0 Å². The van der Waals surface area contributed by atoms with Crippen LogP contribution < -0.4 is 10.6 Å². The molecule has 1 aromatic rings. The average Bonchev–Trinajstić information content (AvgIpc) is 3.21. The minimum atomic E-state index is -0.243. The van der Waals surface area contributed by atoms with E-state index in [0.29, 0.717) is 0 Å². The monoisotopic (exact) mass is 280 g/mol. The number of carbonyl (C=O) groups is 1. The Labute approximate surface area is 120 Å². The molecule has 2 N–H and O–H groups in total. The molecule has 2 aliphatic rings. The summed E-state index contributed by atoms with van der Waals surface area (Å²) in [5, 5.41) is 7.08. The molecule has 0 unspecified atom stereocenters. The van der Waals surface area contributed by atoms with Crippen LogP contribution in [0.2, 0.25) is 0 Å². The second-order valence-corrected chi connectivity index (χ2v) is 5.60. The van der Waals surface area contributed by atoms with E-state index in [2.05, 4.69) is 34.9 Å². The fourth-order valence-electron chi connectivity index (χ4n) is 2.98. The molecule has 1 heterocycles. The molecule has 3 nitrogen and oxygen atoms in total. The summed E-state index contributed by atoms with van der Waals surface area (Å²) in [6, 6.07) is 10.6. The molecule has 104 valence electrons. The highest BCUT2D eigenvalue weighted by Gasteiger charge is 2.49. The molecule has 0 bridgehead atoms. The van der Waals surface area contributed by atoms with Crippen LogP contribution in [0.4, 0.5) is 0 Å². The lowest BCUT2D eigenvalue weighted by Gasteiger charge is -2.41. The van der Waals surface area contributed by atoms with E-state index >= 15 is 0 Å². The van der Waals surface area contributed by atoms with Crippen LogP contribution in [-0.2, 0) is 10.3 Å². The molecule has 19 heavy (non-hydrogen) atoms. The second-order valence-electron chi connectivity index (χ2n) is 5.60. The molecule has 3 rings (SSSR count). The van der Waals surface area contributed by atoms with Gasteiger partial charge in [-0.05, 0) is 44.3 Å².